The lowest BCUT2D eigenvalue weighted by Crippen LogP contribution is -2.49. The first-order valence-electron chi connectivity index (χ1n) is 7.68. The highest BCUT2D eigenvalue weighted by atomic mass is 19.1. The molecule has 0 atom stereocenters. The highest BCUT2D eigenvalue weighted by molar-refractivity contribution is 5.92. The molecule has 1 saturated carbocycles. The Morgan fingerprint density at radius 3 is 2.87 bits per heavy atom. The van der Waals surface area contributed by atoms with Gasteiger partial charge in [-0.05, 0) is 30.5 Å². The zero-order valence-electron chi connectivity index (χ0n) is 12.7. The van der Waals surface area contributed by atoms with Crippen molar-refractivity contribution in [1.29, 1.82) is 0 Å². The maximum Gasteiger partial charge on any atom is 0.273 e. The smallest absolute Gasteiger partial charge is 0.273 e. The zero-order valence-corrected chi connectivity index (χ0v) is 12.7. The van der Waals surface area contributed by atoms with Crippen LogP contribution in [0, 0.1) is 5.82 Å². The lowest BCUT2D eigenvalue weighted by molar-refractivity contribution is 0.0833. The van der Waals surface area contributed by atoms with Gasteiger partial charge in [-0.25, -0.2) is 9.07 Å². The average Bonchev–Trinajstić information content (AvgIpc) is 3.17. The van der Waals surface area contributed by atoms with E-state index in [1.165, 1.54) is 23.0 Å². The summed E-state index contributed by atoms with van der Waals surface area (Å²) in [5, 5.41) is 20.2. The number of hydrogen-bond acceptors (Lipinski definition) is 4. The molecule has 1 fully saturated rings. The molecule has 1 amide bonds. The van der Waals surface area contributed by atoms with Crippen molar-refractivity contribution >= 4 is 5.91 Å². The van der Waals surface area contributed by atoms with Crippen LogP contribution in [-0.2, 0) is 6.54 Å². The van der Waals surface area contributed by atoms with E-state index in [0.29, 0.717) is 6.54 Å². The number of benzene rings is 1. The van der Waals surface area contributed by atoms with Gasteiger partial charge in [-0.1, -0.05) is 30.2 Å². The summed E-state index contributed by atoms with van der Waals surface area (Å²) in [7, 11) is 0. The van der Waals surface area contributed by atoms with E-state index in [4.69, 9.17) is 0 Å². The third-order valence-electron chi connectivity index (χ3n) is 4.25. The number of carbonyl (C=O) groups is 1. The monoisotopic (exact) mass is 318 g/mol. The third-order valence-corrected chi connectivity index (χ3v) is 4.25. The fourth-order valence-corrected chi connectivity index (χ4v) is 2.98. The number of carbonyl (C=O) groups excluding carboxylic acids is 1. The topological polar surface area (TPSA) is 80.0 Å². The van der Waals surface area contributed by atoms with Gasteiger partial charge in [0.15, 0.2) is 5.69 Å². The van der Waals surface area contributed by atoms with Crippen LogP contribution in [-0.4, -0.2) is 38.2 Å². The molecular formula is C16H19FN4O2. The Labute approximate surface area is 133 Å². The number of aliphatic hydroxyl groups is 1. The number of halogens is 1. The summed E-state index contributed by atoms with van der Waals surface area (Å²) in [5.41, 5.74) is 0.397. The Hall–Kier alpha value is -2.28. The zero-order chi connectivity index (χ0) is 16.3. The molecule has 1 aromatic heterocycles. The third kappa shape index (κ3) is 3.56. The van der Waals surface area contributed by atoms with E-state index in [1.54, 1.807) is 12.1 Å². The van der Waals surface area contributed by atoms with Crippen LogP contribution < -0.4 is 5.32 Å². The molecule has 1 aromatic carbocycles. The van der Waals surface area contributed by atoms with Crippen molar-refractivity contribution in [1.82, 2.24) is 20.3 Å². The highest BCUT2D eigenvalue weighted by Gasteiger charge is 2.35. The molecule has 0 saturated heterocycles. The van der Waals surface area contributed by atoms with Gasteiger partial charge < -0.3 is 10.4 Å². The molecule has 0 aliphatic heterocycles. The molecule has 1 aliphatic rings. The summed E-state index contributed by atoms with van der Waals surface area (Å²) in [5.74, 6) is -0.654. The number of hydrogen-bond donors (Lipinski definition) is 2. The molecule has 7 heteroatoms. The largest absolute Gasteiger partial charge is 0.394 e. The molecule has 122 valence electrons. The summed E-state index contributed by atoms with van der Waals surface area (Å²) in [4.78, 5) is 12.3. The van der Waals surface area contributed by atoms with Gasteiger partial charge in [0.05, 0.1) is 24.9 Å². The molecule has 23 heavy (non-hydrogen) atoms. The first-order valence-corrected chi connectivity index (χ1v) is 7.68. The van der Waals surface area contributed by atoms with Crippen molar-refractivity contribution < 1.29 is 14.3 Å². The van der Waals surface area contributed by atoms with E-state index in [0.717, 1.165) is 31.2 Å². The van der Waals surface area contributed by atoms with Gasteiger partial charge in [-0.2, -0.15) is 0 Å². The second-order valence-corrected chi connectivity index (χ2v) is 6.03. The number of rotatable bonds is 5. The molecule has 0 bridgehead atoms. The fourth-order valence-electron chi connectivity index (χ4n) is 2.98. The van der Waals surface area contributed by atoms with Gasteiger partial charge in [0.1, 0.15) is 5.82 Å². The molecule has 0 spiro atoms. The maximum absolute atomic E-state index is 13.2. The molecule has 1 heterocycles. The summed E-state index contributed by atoms with van der Waals surface area (Å²) in [6.07, 6.45) is 5.06. The number of amides is 1. The number of aliphatic hydroxyl groups excluding tert-OH is 1. The summed E-state index contributed by atoms with van der Waals surface area (Å²) < 4.78 is 14.7. The molecule has 3 rings (SSSR count). The Morgan fingerprint density at radius 1 is 1.39 bits per heavy atom. The molecule has 2 N–H and O–H groups in total. The number of aromatic nitrogens is 3. The summed E-state index contributed by atoms with van der Waals surface area (Å²) >= 11 is 0. The van der Waals surface area contributed by atoms with E-state index >= 15 is 0 Å². The van der Waals surface area contributed by atoms with Gasteiger partial charge in [0, 0.05) is 0 Å². The van der Waals surface area contributed by atoms with Crippen molar-refractivity contribution in [3.8, 4) is 0 Å². The first kappa shape index (κ1) is 15.6. The van der Waals surface area contributed by atoms with Gasteiger partial charge in [0.2, 0.25) is 0 Å². The van der Waals surface area contributed by atoms with Crippen LogP contribution in [0.1, 0.15) is 41.7 Å². The number of nitrogens with zero attached hydrogens (tertiary/aromatic N) is 3. The average molecular weight is 318 g/mol. The maximum atomic E-state index is 13.2. The predicted octanol–water partition coefficient (Wildman–Crippen LogP) is 1.50. The van der Waals surface area contributed by atoms with Crippen LogP contribution in [0.5, 0.6) is 0 Å². The summed E-state index contributed by atoms with van der Waals surface area (Å²) in [6, 6.07) is 6.20. The van der Waals surface area contributed by atoms with Crippen LogP contribution in [0.25, 0.3) is 0 Å². The minimum Gasteiger partial charge on any atom is -0.394 e. The minimum atomic E-state index is -0.538. The second kappa shape index (κ2) is 6.45. The van der Waals surface area contributed by atoms with Crippen molar-refractivity contribution in [2.24, 2.45) is 0 Å². The highest BCUT2D eigenvalue weighted by Crippen LogP contribution is 2.29. The van der Waals surface area contributed by atoms with Crippen molar-refractivity contribution in [3.63, 3.8) is 0 Å². The Balaban J connectivity index is 1.67. The van der Waals surface area contributed by atoms with E-state index in [1.807, 2.05) is 0 Å². The second-order valence-electron chi connectivity index (χ2n) is 6.03. The molecule has 1 aliphatic carbocycles. The Bertz CT molecular complexity index is 695. The normalized spacial score (nSPS) is 16.4. The van der Waals surface area contributed by atoms with E-state index in [-0.39, 0.29) is 24.0 Å². The molecule has 6 nitrogen and oxygen atoms in total. The molecule has 0 radical (unpaired) electrons. The Morgan fingerprint density at radius 2 is 2.17 bits per heavy atom. The minimum absolute atomic E-state index is 0.0732. The van der Waals surface area contributed by atoms with Crippen molar-refractivity contribution in [2.45, 2.75) is 37.8 Å². The van der Waals surface area contributed by atoms with Crippen LogP contribution >= 0.6 is 0 Å². The lowest BCUT2D eigenvalue weighted by Gasteiger charge is -2.27. The van der Waals surface area contributed by atoms with Gasteiger partial charge >= 0.3 is 0 Å². The number of nitrogens with one attached hydrogen (secondary N) is 1. The predicted molar refractivity (Wildman–Crippen MR) is 81.3 cm³/mol. The van der Waals surface area contributed by atoms with Gasteiger partial charge in [-0.3, -0.25) is 4.79 Å². The van der Waals surface area contributed by atoms with Crippen LogP contribution in [0.3, 0.4) is 0 Å². The molecular weight excluding hydrogens is 299 g/mol. The van der Waals surface area contributed by atoms with E-state index < -0.39 is 5.54 Å². The molecule has 2 aromatic rings. The van der Waals surface area contributed by atoms with E-state index in [2.05, 4.69) is 15.6 Å². The quantitative estimate of drug-likeness (QED) is 0.875. The summed E-state index contributed by atoms with van der Waals surface area (Å²) in [6.45, 7) is 0.263. The van der Waals surface area contributed by atoms with Crippen LogP contribution in [0.4, 0.5) is 4.39 Å². The van der Waals surface area contributed by atoms with E-state index in [9.17, 15) is 14.3 Å². The molecule has 0 unspecified atom stereocenters. The van der Waals surface area contributed by atoms with Crippen molar-refractivity contribution in [3.05, 3.63) is 47.5 Å². The first-order chi connectivity index (χ1) is 11.1. The van der Waals surface area contributed by atoms with Gasteiger partial charge in [-0.15, -0.1) is 5.10 Å². The Kier molecular flexibility index (Phi) is 4.38. The lowest BCUT2D eigenvalue weighted by atomic mass is 9.99. The standard InChI is InChI=1S/C16H19FN4O2/c17-13-5-3-4-12(8-13)9-21-10-14(19-20-21)15(23)18-16(11-22)6-1-2-7-16/h3-5,8,10,22H,1-2,6-7,9,11H2,(H,18,23). The van der Waals surface area contributed by atoms with Crippen LogP contribution in [0.2, 0.25) is 0 Å². The van der Waals surface area contributed by atoms with Gasteiger partial charge in [0.25, 0.3) is 5.91 Å². The van der Waals surface area contributed by atoms with Crippen molar-refractivity contribution in [2.75, 3.05) is 6.61 Å². The SMILES string of the molecule is O=C(NC1(CO)CCCC1)c1cn(Cc2cccc(F)c2)nn1. The fraction of sp³-hybridized carbons (Fsp3) is 0.438. The van der Waals surface area contributed by atoms with Crippen LogP contribution in [0.15, 0.2) is 30.5 Å².